The summed E-state index contributed by atoms with van der Waals surface area (Å²) in [5.74, 6) is 1.88. The fraction of sp³-hybridized carbons (Fsp3) is 0.0513. The van der Waals surface area contributed by atoms with Crippen molar-refractivity contribution in [3.8, 4) is 17.0 Å². The molecule has 7 aromatic rings. The Balaban J connectivity index is 1.24. The standard InChI is InChI=1S/C39H27N3O/c1-3-12-26(13-4-1)36-24-28-22-23-35-37(38(28)43-36)31-18-7-9-20-33(31)41(35)29-16-11-17-30(25-29)42-34-21-10-8-19-32(34)40-39(42)27-14-5-2-6-15-27/h1-25,32,34H. The fourth-order valence-corrected chi connectivity index (χ4v) is 6.74. The van der Waals surface area contributed by atoms with Crippen molar-refractivity contribution in [1.82, 2.24) is 4.57 Å². The lowest BCUT2D eigenvalue weighted by molar-refractivity contribution is 0.635. The Bertz CT molecular complexity index is 2250. The molecule has 2 atom stereocenters. The van der Waals surface area contributed by atoms with Gasteiger partial charge in [-0.05, 0) is 42.5 Å². The Morgan fingerprint density at radius 1 is 0.605 bits per heavy atom. The summed E-state index contributed by atoms with van der Waals surface area (Å²) < 4.78 is 8.96. The minimum Gasteiger partial charge on any atom is -0.455 e. The van der Waals surface area contributed by atoms with Crippen molar-refractivity contribution in [2.75, 3.05) is 4.90 Å². The van der Waals surface area contributed by atoms with E-state index in [0.717, 1.165) is 61.5 Å². The molecule has 4 heteroatoms. The molecule has 4 nitrogen and oxygen atoms in total. The molecule has 3 heterocycles. The van der Waals surface area contributed by atoms with Gasteiger partial charge < -0.3 is 13.9 Å². The van der Waals surface area contributed by atoms with Crippen LogP contribution in [0.3, 0.4) is 0 Å². The molecule has 204 valence electrons. The number of aliphatic imine (C=N–C) groups is 1. The fourth-order valence-electron chi connectivity index (χ4n) is 6.74. The first-order chi connectivity index (χ1) is 21.3. The van der Waals surface area contributed by atoms with Gasteiger partial charge in [0.15, 0.2) is 0 Å². The van der Waals surface area contributed by atoms with Crippen LogP contribution in [0.5, 0.6) is 0 Å². The molecule has 0 N–H and O–H groups in total. The molecule has 0 bridgehead atoms. The van der Waals surface area contributed by atoms with E-state index in [1.165, 1.54) is 5.39 Å². The number of allylic oxidation sites excluding steroid dienone is 2. The number of fused-ring (bicyclic) bond motifs is 6. The minimum absolute atomic E-state index is 0.0862. The Hall–Kier alpha value is -5.61. The van der Waals surface area contributed by atoms with Crippen molar-refractivity contribution in [3.05, 3.63) is 157 Å². The van der Waals surface area contributed by atoms with Crippen LogP contribution in [0.15, 0.2) is 161 Å². The van der Waals surface area contributed by atoms with Gasteiger partial charge in [-0.3, -0.25) is 4.99 Å². The van der Waals surface area contributed by atoms with E-state index < -0.39 is 0 Å². The zero-order valence-electron chi connectivity index (χ0n) is 23.3. The average molecular weight is 554 g/mol. The number of hydrogen-bond acceptors (Lipinski definition) is 3. The Kier molecular flexibility index (Phi) is 5.29. The number of para-hydroxylation sites is 1. The molecule has 43 heavy (non-hydrogen) atoms. The Morgan fingerprint density at radius 2 is 1.35 bits per heavy atom. The maximum Gasteiger partial charge on any atom is 0.144 e. The maximum atomic E-state index is 6.60. The van der Waals surface area contributed by atoms with E-state index in [-0.39, 0.29) is 12.1 Å². The number of hydrogen-bond donors (Lipinski definition) is 0. The quantitative estimate of drug-likeness (QED) is 0.218. The number of rotatable bonds is 4. The molecule has 2 aromatic heterocycles. The maximum absolute atomic E-state index is 6.60. The molecule has 5 aromatic carbocycles. The van der Waals surface area contributed by atoms with Crippen molar-refractivity contribution in [2.24, 2.45) is 4.99 Å². The summed E-state index contributed by atoms with van der Waals surface area (Å²) in [5.41, 5.74) is 7.61. The predicted octanol–water partition coefficient (Wildman–Crippen LogP) is 9.33. The van der Waals surface area contributed by atoms with Gasteiger partial charge >= 0.3 is 0 Å². The van der Waals surface area contributed by atoms with Gasteiger partial charge in [0, 0.05) is 33.3 Å². The second kappa shape index (κ2) is 9.47. The summed E-state index contributed by atoms with van der Waals surface area (Å²) in [6.45, 7) is 0. The van der Waals surface area contributed by atoms with Gasteiger partial charge in [-0.2, -0.15) is 0 Å². The van der Waals surface area contributed by atoms with Gasteiger partial charge in [-0.1, -0.05) is 109 Å². The van der Waals surface area contributed by atoms with Gasteiger partial charge in [0.1, 0.15) is 17.2 Å². The van der Waals surface area contributed by atoms with Crippen LogP contribution in [0.1, 0.15) is 5.56 Å². The van der Waals surface area contributed by atoms with E-state index in [2.05, 4.69) is 143 Å². The van der Waals surface area contributed by atoms with Crippen LogP contribution in [0.2, 0.25) is 0 Å². The average Bonchev–Trinajstić information content (AvgIpc) is 3.77. The lowest BCUT2D eigenvalue weighted by atomic mass is 10.0. The van der Waals surface area contributed by atoms with Gasteiger partial charge in [0.25, 0.3) is 0 Å². The van der Waals surface area contributed by atoms with Crippen LogP contribution >= 0.6 is 0 Å². The SMILES string of the molecule is C1=CC2N=C(c3ccccc3)N(c3cccc(-n4c5ccccc5c5c6oc(-c7ccccc7)cc6ccc54)c3)C2C=C1. The Morgan fingerprint density at radius 3 is 2.21 bits per heavy atom. The molecule has 0 amide bonds. The first-order valence-electron chi connectivity index (χ1n) is 14.7. The molecule has 9 rings (SSSR count). The lowest BCUT2D eigenvalue weighted by Crippen LogP contribution is -2.39. The molecular weight excluding hydrogens is 526 g/mol. The number of benzene rings is 5. The van der Waals surface area contributed by atoms with Crippen LogP contribution in [-0.4, -0.2) is 22.5 Å². The Labute approximate surface area is 249 Å². The second-order valence-corrected chi connectivity index (χ2v) is 11.2. The molecule has 0 saturated heterocycles. The van der Waals surface area contributed by atoms with E-state index in [4.69, 9.17) is 9.41 Å². The number of nitrogens with zero attached hydrogens (tertiary/aromatic N) is 3. The number of anilines is 1. The van der Waals surface area contributed by atoms with Crippen molar-refractivity contribution >= 4 is 44.3 Å². The molecule has 0 fully saturated rings. The zero-order chi connectivity index (χ0) is 28.3. The third-order valence-corrected chi connectivity index (χ3v) is 8.65. The van der Waals surface area contributed by atoms with E-state index in [1.54, 1.807) is 0 Å². The number of furan rings is 1. The van der Waals surface area contributed by atoms with Crippen LogP contribution in [0.25, 0.3) is 49.8 Å². The summed E-state index contributed by atoms with van der Waals surface area (Å²) in [5, 5.41) is 3.41. The number of amidine groups is 1. The van der Waals surface area contributed by atoms with Gasteiger partial charge in [-0.25, -0.2) is 0 Å². The highest BCUT2D eigenvalue weighted by molar-refractivity contribution is 6.20. The van der Waals surface area contributed by atoms with E-state index in [1.807, 2.05) is 18.2 Å². The monoisotopic (exact) mass is 553 g/mol. The normalized spacial score (nSPS) is 17.7. The van der Waals surface area contributed by atoms with Crippen LogP contribution in [0.4, 0.5) is 5.69 Å². The van der Waals surface area contributed by atoms with Crippen molar-refractivity contribution in [2.45, 2.75) is 12.1 Å². The highest BCUT2D eigenvalue weighted by Gasteiger charge is 2.35. The molecule has 2 aliphatic rings. The van der Waals surface area contributed by atoms with E-state index in [9.17, 15) is 0 Å². The van der Waals surface area contributed by atoms with Crippen LogP contribution in [0, 0.1) is 0 Å². The van der Waals surface area contributed by atoms with Crippen LogP contribution < -0.4 is 4.90 Å². The summed E-state index contributed by atoms with van der Waals surface area (Å²) in [6, 6.07) is 45.1. The van der Waals surface area contributed by atoms with E-state index in [0.29, 0.717) is 0 Å². The van der Waals surface area contributed by atoms with Crippen LogP contribution in [-0.2, 0) is 0 Å². The third-order valence-electron chi connectivity index (χ3n) is 8.65. The number of aromatic nitrogens is 1. The molecule has 0 saturated carbocycles. The third kappa shape index (κ3) is 3.73. The molecule has 1 aliphatic heterocycles. The molecular formula is C39H27N3O. The molecule has 0 radical (unpaired) electrons. The van der Waals surface area contributed by atoms with Gasteiger partial charge in [-0.15, -0.1) is 0 Å². The first-order valence-corrected chi connectivity index (χ1v) is 14.7. The molecule has 2 unspecified atom stereocenters. The predicted molar refractivity (Wildman–Crippen MR) is 177 cm³/mol. The highest BCUT2D eigenvalue weighted by atomic mass is 16.3. The van der Waals surface area contributed by atoms with E-state index >= 15 is 0 Å². The van der Waals surface area contributed by atoms with Gasteiger partial charge in [0.05, 0.1) is 28.5 Å². The van der Waals surface area contributed by atoms with Crippen molar-refractivity contribution < 1.29 is 4.42 Å². The first kappa shape index (κ1) is 24.0. The summed E-state index contributed by atoms with van der Waals surface area (Å²) in [7, 11) is 0. The highest BCUT2D eigenvalue weighted by Crippen LogP contribution is 2.40. The topological polar surface area (TPSA) is 33.7 Å². The zero-order valence-corrected chi connectivity index (χ0v) is 23.3. The molecule has 1 aliphatic carbocycles. The second-order valence-electron chi connectivity index (χ2n) is 11.2. The smallest absolute Gasteiger partial charge is 0.144 e. The minimum atomic E-state index is 0.0862. The lowest BCUT2D eigenvalue weighted by Gasteiger charge is -2.29. The van der Waals surface area contributed by atoms with Crippen molar-refractivity contribution in [3.63, 3.8) is 0 Å². The largest absolute Gasteiger partial charge is 0.455 e. The van der Waals surface area contributed by atoms with Crippen molar-refractivity contribution in [1.29, 1.82) is 0 Å². The van der Waals surface area contributed by atoms with Gasteiger partial charge in [0.2, 0.25) is 0 Å². The summed E-state index contributed by atoms with van der Waals surface area (Å²) in [4.78, 5) is 7.56. The summed E-state index contributed by atoms with van der Waals surface area (Å²) in [6.07, 6.45) is 8.69. The summed E-state index contributed by atoms with van der Waals surface area (Å²) >= 11 is 0. The molecule has 0 spiro atoms.